The van der Waals surface area contributed by atoms with Crippen LogP contribution in [0.2, 0.25) is 0 Å². The summed E-state index contributed by atoms with van der Waals surface area (Å²) in [6, 6.07) is 15.2. The van der Waals surface area contributed by atoms with E-state index in [2.05, 4.69) is 5.10 Å². The molecule has 1 aromatic heterocycles. The Labute approximate surface area is 185 Å². The van der Waals surface area contributed by atoms with Gasteiger partial charge in [-0.15, -0.1) is 11.3 Å². The Morgan fingerprint density at radius 1 is 0.968 bits per heavy atom. The van der Waals surface area contributed by atoms with Crippen LogP contribution in [0.15, 0.2) is 70.0 Å². The van der Waals surface area contributed by atoms with Gasteiger partial charge in [0.2, 0.25) is 5.75 Å². The second-order valence-corrected chi connectivity index (χ2v) is 9.54. The highest BCUT2D eigenvalue weighted by atomic mass is 32.2. The molecular formula is C22H22N2O5S2. The summed E-state index contributed by atoms with van der Waals surface area (Å²) in [4.78, 5) is 1.12. The van der Waals surface area contributed by atoms with E-state index >= 15 is 0 Å². The second-order valence-electron chi connectivity index (χ2n) is 6.79. The van der Waals surface area contributed by atoms with Gasteiger partial charge in [-0.3, -0.25) is 0 Å². The van der Waals surface area contributed by atoms with Gasteiger partial charge in [-0.1, -0.05) is 24.3 Å². The lowest BCUT2D eigenvalue weighted by Crippen LogP contribution is -2.27. The van der Waals surface area contributed by atoms with Crippen LogP contribution >= 0.6 is 11.3 Å². The highest BCUT2D eigenvalue weighted by Crippen LogP contribution is 2.44. The van der Waals surface area contributed by atoms with E-state index in [9.17, 15) is 8.42 Å². The van der Waals surface area contributed by atoms with E-state index in [-0.39, 0.29) is 4.90 Å². The van der Waals surface area contributed by atoms with Gasteiger partial charge in [0.15, 0.2) is 11.5 Å². The van der Waals surface area contributed by atoms with Gasteiger partial charge in [-0.05, 0) is 41.3 Å². The minimum atomic E-state index is -3.88. The van der Waals surface area contributed by atoms with Crippen molar-refractivity contribution >= 4 is 27.1 Å². The van der Waals surface area contributed by atoms with Crippen molar-refractivity contribution in [1.29, 1.82) is 0 Å². The number of ether oxygens (including phenoxy) is 3. The quantitative estimate of drug-likeness (QED) is 0.527. The van der Waals surface area contributed by atoms with Crippen molar-refractivity contribution in [2.75, 3.05) is 21.3 Å². The largest absolute Gasteiger partial charge is 0.493 e. The van der Waals surface area contributed by atoms with Gasteiger partial charge in [0.25, 0.3) is 10.0 Å². The van der Waals surface area contributed by atoms with Crippen molar-refractivity contribution in [2.24, 2.45) is 5.10 Å². The molecule has 1 aliphatic heterocycles. The molecule has 2 heterocycles. The number of hydrogen-bond donors (Lipinski definition) is 0. The lowest BCUT2D eigenvalue weighted by molar-refractivity contribution is 0.319. The third kappa shape index (κ3) is 3.86. The van der Waals surface area contributed by atoms with Crippen LogP contribution in [0.25, 0.3) is 0 Å². The summed E-state index contributed by atoms with van der Waals surface area (Å²) in [5, 5.41) is 6.49. The molecule has 1 atom stereocenters. The van der Waals surface area contributed by atoms with Gasteiger partial charge in [-0.25, -0.2) is 0 Å². The molecule has 0 amide bonds. The summed E-state index contributed by atoms with van der Waals surface area (Å²) in [6.07, 6.45) is 0.422. The lowest BCUT2D eigenvalue weighted by Gasteiger charge is -2.24. The molecule has 162 valence electrons. The first-order chi connectivity index (χ1) is 15.0. The predicted molar refractivity (Wildman–Crippen MR) is 120 cm³/mol. The SMILES string of the molecule is COc1cc([C@H]2CC(c3cccs3)=NN2S(=O)(=O)c2ccccc2)cc(OC)c1OC. The molecule has 4 rings (SSSR count). The molecule has 31 heavy (non-hydrogen) atoms. The number of rotatable bonds is 7. The Morgan fingerprint density at radius 3 is 2.19 bits per heavy atom. The predicted octanol–water partition coefficient (Wildman–Crippen LogP) is 4.31. The average Bonchev–Trinajstić information content (AvgIpc) is 3.49. The first-order valence-corrected chi connectivity index (χ1v) is 11.8. The van der Waals surface area contributed by atoms with E-state index in [0.717, 1.165) is 4.88 Å². The van der Waals surface area contributed by atoms with Crippen LogP contribution in [0.4, 0.5) is 0 Å². The topological polar surface area (TPSA) is 77.4 Å². The summed E-state index contributed by atoms with van der Waals surface area (Å²) in [5.74, 6) is 1.36. The molecule has 0 radical (unpaired) electrons. The lowest BCUT2D eigenvalue weighted by atomic mass is 10.0. The van der Waals surface area contributed by atoms with Gasteiger partial charge in [0, 0.05) is 6.42 Å². The molecule has 3 aromatic rings. The smallest absolute Gasteiger partial charge is 0.279 e. The summed E-state index contributed by atoms with van der Waals surface area (Å²) >= 11 is 1.53. The molecule has 0 unspecified atom stereocenters. The summed E-state index contributed by atoms with van der Waals surface area (Å²) in [7, 11) is 0.709. The van der Waals surface area contributed by atoms with Crippen molar-refractivity contribution in [3.63, 3.8) is 0 Å². The van der Waals surface area contributed by atoms with Crippen molar-refractivity contribution in [3.05, 3.63) is 70.4 Å². The third-order valence-corrected chi connectivity index (χ3v) is 7.65. The molecule has 1 aliphatic rings. The third-order valence-electron chi connectivity index (χ3n) is 5.04. The average molecular weight is 459 g/mol. The van der Waals surface area contributed by atoms with E-state index in [1.54, 1.807) is 42.5 Å². The van der Waals surface area contributed by atoms with Crippen LogP contribution < -0.4 is 14.2 Å². The zero-order valence-corrected chi connectivity index (χ0v) is 18.9. The van der Waals surface area contributed by atoms with Gasteiger partial charge in [0.1, 0.15) is 0 Å². The number of hydrogen-bond acceptors (Lipinski definition) is 7. The molecule has 0 spiro atoms. The Balaban J connectivity index is 1.85. The number of methoxy groups -OCH3 is 3. The standard InChI is InChI=1S/C22H22N2O5S2/c1-27-19-12-15(13-20(28-2)22(19)29-3)18-14-17(21-10-7-11-30-21)23-24(18)31(25,26)16-8-5-4-6-9-16/h4-13,18H,14H2,1-3H3/t18-/m1/s1. The first kappa shape index (κ1) is 21.2. The Hall–Kier alpha value is -3.04. The summed E-state index contributed by atoms with van der Waals surface area (Å²) in [5.41, 5.74) is 1.41. The minimum Gasteiger partial charge on any atom is -0.493 e. The van der Waals surface area contributed by atoms with Crippen LogP contribution in [0.3, 0.4) is 0 Å². The van der Waals surface area contributed by atoms with Crippen LogP contribution in [-0.2, 0) is 10.0 Å². The maximum atomic E-state index is 13.5. The normalized spacial score (nSPS) is 16.2. The maximum absolute atomic E-state index is 13.5. The second kappa shape index (κ2) is 8.60. The molecule has 0 fully saturated rings. The molecule has 0 saturated carbocycles. The summed E-state index contributed by atoms with van der Waals surface area (Å²) < 4.78 is 44.6. The van der Waals surface area contributed by atoms with Crippen LogP contribution in [0.1, 0.15) is 22.9 Å². The number of hydrazone groups is 1. The highest BCUT2D eigenvalue weighted by Gasteiger charge is 2.38. The van der Waals surface area contributed by atoms with Gasteiger partial charge in [-0.2, -0.15) is 17.9 Å². The Bertz CT molecular complexity index is 1170. The van der Waals surface area contributed by atoms with Gasteiger partial charge in [0.05, 0.1) is 42.9 Å². The van der Waals surface area contributed by atoms with E-state index in [1.165, 1.54) is 37.1 Å². The monoisotopic (exact) mass is 458 g/mol. The number of benzene rings is 2. The number of sulfonamides is 1. The zero-order valence-electron chi connectivity index (χ0n) is 17.3. The van der Waals surface area contributed by atoms with Crippen molar-refractivity contribution in [2.45, 2.75) is 17.4 Å². The summed E-state index contributed by atoms with van der Waals surface area (Å²) in [6.45, 7) is 0. The fourth-order valence-electron chi connectivity index (χ4n) is 3.54. The van der Waals surface area contributed by atoms with E-state index in [0.29, 0.717) is 34.9 Å². The molecule has 7 nitrogen and oxygen atoms in total. The molecular weight excluding hydrogens is 436 g/mol. The van der Waals surface area contributed by atoms with Crippen molar-refractivity contribution in [1.82, 2.24) is 4.41 Å². The van der Waals surface area contributed by atoms with E-state index < -0.39 is 16.1 Å². The van der Waals surface area contributed by atoms with Crippen LogP contribution in [0, 0.1) is 0 Å². The van der Waals surface area contributed by atoms with E-state index in [4.69, 9.17) is 14.2 Å². The minimum absolute atomic E-state index is 0.184. The van der Waals surface area contributed by atoms with Crippen LogP contribution in [0.5, 0.6) is 17.2 Å². The van der Waals surface area contributed by atoms with Crippen molar-refractivity contribution in [3.8, 4) is 17.2 Å². The van der Waals surface area contributed by atoms with Crippen molar-refractivity contribution < 1.29 is 22.6 Å². The molecule has 0 bridgehead atoms. The molecule has 9 heteroatoms. The Morgan fingerprint density at radius 2 is 1.65 bits per heavy atom. The van der Waals surface area contributed by atoms with Gasteiger partial charge < -0.3 is 14.2 Å². The molecule has 0 saturated heterocycles. The first-order valence-electron chi connectivity index (χ1n) is 9.50. The van der Waals surface area contributed by atoms with Gasteiger partial charge >= 0.3 is 0 Å². The number of thiophene rings is 1. The highest BCUT2D eigenvalue weighted by molar-refractivity contribution is 7.89. The molecule has 2 aromatic carbocycles. The van der Waals surface area contributed by atoms with Crippen LogP contribution in [-0.4, -0.2) is 39.9 Å². The zero-order chi connectivity index (χ0) is 22.0. The number of nitrogens with zero attached hydrogens (tertiary/aromatic N) is 2. The molecule has 0 aliphatic carbocycles. The fraction of sp³-hybridized carbons (Fsp3) is 0.227. The van der Waals surface area contributed by atoms with E-state index in [1.807, 2.05) is 17.5 Å². The molecule has 0 N–H and O–H groups in total. The fourth-order valence-corrected chi connectivity index (χ4v) is 5.72. The maximum Gasteiger partial charge on any atom is 0.279 e. The Kier molecular flexibility index (Phi) is 5.88.